The summed E-state index contributed by atoms with van der Waals surface area (Å²) >= 11 is 0. The van der Waals surface area contributed by atoms with Crippen LogP contribution in [-0.4, -0.2) is 32.5 Å². The maximum atomic E-state index is 12.8. The van der Waals surface area contributed by atoms with E-state index in [1.54, 1.807) is 18.2 Å². The Morgan fingerprint density at radius 3 is 2.50 bits per heavy atom. The van der Waals surface area contributed by atoms with Gasteiger partial charge in [-0.15, -0.1) is 0 Å². The number of hydrogen-bond donors (Lipinski definition) is 2. The molecule has 154 valence electrons. The number of hydrogen-bond acceptors (Lipinski definition) is 6. The molecule has 1 aliphatic carbocycles. The average Bonchev–Trinajstić information content (AvgIpc) is 3.57. The molecule has 1 aromatic carbocycles. The molecular formula is C20H17F2N5O3. The van der Waals surface area contributed by atoms with Crippen molar-refractivity contribution in [1.29, 1.82) is 0 Å². The van der Waals surface area contributed by atoms with E-state index in [0.29, 0.717) is 0 Å². The molecule has 1 saturated carbocycles. The maximum Gasteiger partial charge on any atom is 0.387 e. The van der Waals surface area contributed by atoms with Crippen LogP contribution < -0.4 is 15.6 Å². The first kappa shape index (κ1) is 19.6. The molecule has 0 bridgehead atoms. The summed E-state index contributed by atoms with van der Waals surface area (Å²) in [5.41, 5.74) is 0.183. The lowest BCUT2D eigenvalue weighted by molar-refractivity contribution is -0.0498. The van der Waals surface area contributed by atoms with Crippen molar-refractivity contribution in [3.05, 3.63) is 70.4 Å². The Morgan fingerprint density at radius 1 is 1.17 bits per heavy atom. The minimum absolute atomic E-state index is 0.0402. The van der Waals surface area contributed by atoms with E-state index in [-0.39, 0.29) is 35.1 Å². The lowest BCUT2D eigenvalue weighted by atomic mass is 10.0. The number of benzene rings is 1. The van der Waals surface area contributed by atoms with Crippen molar-refractivity contribution in [2.24, 2.45) is 5.92 Å². The smallest absolute Gasteiger partial charge is 0.387 e. The van der Waals surface area contributed by atoms with Gasteiger partial charge in [0.15, 0.2) is 11.6 Å². The van der Waals surface area contributed by atoms with Gasteiger partial charge in [0.05, 0.1) is 6.04 Å². The number of aromatic amines is 1. The number of aromatic nitrogens is 4. The number of carbonyl (C=O) groups is 1. The number of carbonyl (C=O) groups excluding carboxylic acids is 1. The fraction of sp³-hybridized carbons (Fsp3) is 0.250. The first-order chi connectivity index (χ1) is 14.5. The van der Waals surface area contributed by atoms with Crippen molar-refractivity contribution in [1.82, 2.24) is 25.3 Å². The highest BCUT2D eigenvalue weighted by atomic mass is 19.3. The summed E-state index contributed by atoms with van der Waals surface area (Å²) in [5.74, 6) is 0.0125. The summed E-state index contributed by atoms with van der Waals surface area (Å²) in [6.07, 6.45) is 4.84. The van der Waals surface area contributed by atoms with Gasteiger partial charge >= 0.3 is 6.61 Å². The summed E-state index contributed by atoms with van der Waals surface area (Å²) in [7, 11) is 0. The second kappa shape index (κ2) is 8.36. The molecule has 2 heterocycles. The number of halogens is 2. The van der Waals surface area contributed by atoms with Gasteiger partial charge < -0.3 is 15.0 Å². The predicted octanol–water partition coefficient (Wildman–Crippen LogP) is 2.71. The van der Waals surface area contributed by atoms with E-state index in [9.17, 15) is 18.4 Å². The molecule has 2 aromatic heterocycles. The van der Waals surface area contributed by atoms with Crippen LogP contribution in [0.3, 0.4) is 0 Å². The Kier molecular flexibility index (Phi) is 5.46. The SMILES string of the molecule is O=C(N[C@@H](c1ccc(OC(F)F)cc1)C1CC1)c1cc(=O)[nH]c(-c2ncccn2)n1. The van der Waals surface area contributed by atoms with Crippen molar-refractivity contribution >= 4 is 5.91 Å². The summed E-state index contributed by atoms with van der Waals surface area (Å²) in [6, 6.07) is 8.51. The van der Waals surface area contributed by atoms with Crippen molar-refractivity contribution in [2.45, 2.75) is 25.5 Å². The number of ether oxygens (including phenoxy) is 1. The van der Waals surface area contributed by atoms with Gasteiger partial charge in [0.2, 0.25) is 0 Å². The molecule has 1 fully saturated rings. The zero-order valence-corrected chi connectivity index (χ0v) is 15.6. The first-order valence-corrected chi connectivity index (χ1v) is 9.24. The molecule has 4 rings (SSSR count). The second-order valence-electron chi connectivity index (χ2n) is 6.79. The normalized spacial score (nSPS) is 14.4. The van der Waals surface area contributed by atoms with Crippen LogP contribution in [0, 0.1) is 5.92 Å². The number of alkyl halides is 2. The van der Waals surface area contributed by atoms with Gasteiger partial charge in [-0.3, -0.25) is 9.59 Å². The summed E-state index contributed by atoms with van der Waals surface area (Å²) in [6.45, 7) is -2.90. The van der Waals surface area contributed by atoms with Crippen molar-refractivity contribution < 1.29 is 18.3 Å². The summed E-state index contributed by atoms with van der Waals surface area (Å²) < 4.78 is 29.0. The molecule has 3 aromatic rings. The molecule has 1 aliphatic rings. The molecule has 0 radical (unpaired) electrons. The van der Waals surface area contributed by atoms with Crippen molar-refractivity contribution in [3.8, 4) is 17.4 Å². The van der Waals surface area contributed by atoms with Crippen LogP contribution in [0.2, 0.25) is 0 Å². The Morgan fingerprint density at radius 2 is 1.87 bits per heavy atom. The average molecular weight is 413 g/mol. The highest BCUT2D eigenvalue weighted by molar-refractivity contribution is 5.92. The van der Waals surface area contributed by atoms with Gasteiger partial charge in [-0.05, 0) is 42.5 Å². The number of H-pyrrole nitrogens is 1. The molecule has 1 amide bonds. The molecule has 0 spiro atoms. The van der Waals surface area contributed by atoms with Crippen LogP contribution in [0.15, 0.2) is 53.6 Å². The highest BCUT2D eigenvalue weighted by Crippen LogP contribution is 2.41. The molecule has 30 heavy (non-hydrogen) atoms. The number of rotatable bonds is 7. The molecule has 2 N–H and O–H groups in total. The van der Waals surface area contributed by atoms with E-state index in [1.165, 1.54) is 24.5 Å². The maximum absolute atomic E-state index is 12.8. The summed E-state index contributed by atoms with van der Waals surface area (Å²) in [5, 5.41) is 2.89. The van der Waals surface area contributed by atoms with E-state index >= 15 is 0 Å². The van der Waals surface area contributed by atoms with Gasteiger partial charge in [-0.2, -0.15) is 8.78 Å². The molecule has 8 nitrogen and oxygen atoms in total. The zero-order valence-electron chi connectivity index (χ0n) is 15.6. The molecule has 0 aliphatic heterocycles. The third kappa shape index (κ3) is 4.65. The zero-order chi connectivity index (χ0) is 21.1. The minimum atomic E-state index is -2.90. The van der Waals surface area contributed by atoms with Gasteiger partial charge in [0.25, 0.3) is 11.5 Å². The van der Waals surface area contributed by atoms with E-state index in [0.717, 1.165) is 24.5 Å². The van der Waals surface area contributed by atoms with Crippen LogP contribution in [0.4, 0.5) is 8.78 Å². The van der Waals surface area contributed by atoms with Crippen LogP contribution in [0.1, 0.15) is 34.9 Å². The third-order valence-electron chi connectivity index (χ3n) is 4.60. The minimum Gasteiger partial charge on any atom is -0.435 e. The van der Waals surface area contributed by atoms with E-state index in [2.05, 4.69) is 30.0 Å². The van der Waals surface area contributed by atoms with Crippen LogP contribution in [0.25, 0.3) is 11.6 Å². The van der Waals surface area contributed by atoms with Crippen LogP contribution >= 0.6 is 0 Å². The molecule has 10 heteroatoms. The Bertz CT molecular complexity index is 1090. The monoisotopic (exact) mass is 413 g/mol. The van der Waals surface area contributed by atoms with Crippen molar-refractivity contribution in [2.75, 3.05) is 0 Å². The van der Waals surface area contributed by atoms with Crippen molar-refractivity contribution in [3.63, 3.8) is 0 Å². The van der Waals surface area contributed by atoms with Gasteiger partial charge in [0.1, 0.15) is 11.4 Å². The largest absolute Gasteiger partial charge is 0.435 e. The van der Waals surface area contributed by atoms with Gasteiger partial charge in [-0.25, -0.2) is 15.0 Å². The fourth-order valence-corrected chi connectivity index (χ4v) is 3.08. The number of nitrogens with one attached hydrogen (secondary N) is 2. The molecule has 1 atom stereocenters. The van der Waals surface area contributed by atoms with Gasteiger partial charge in [-0.1, -0.05) is 12.1 Å². The fourth-order valence-electron chi connectivity index (χ4n) is 3.08. The van der Waals surface area contributed by atoms with Gasteiger partial charge in [0, 0.05) is 18.5 Å². The second-order valence-corrected chi connectivity index (χ2v) is 6.79. The Balaban J connectivity index is 1.56. The quantitative estimate of drug-likeness (QED) is 0.616. The molecule has 0 saturated heterocycles. The van der Waals surface area contributed by atoms with Crippen LogP contribution in [-0.2, 0) is 0 Å². The Labute approximate surface area is 169 Å². The predicted molar refractivity (Wildman–Crippen MR) is 102 cm³/mol. The topological polar surface area (TPSA) is 110 Å². The molecular weight excluding hydrogens is 396 g/mol. The van der Waals surface area contributed by atoms with E-state index < -0.39 is 18.1 Å². The molecule has 0 unspecified atom stereocenters. The summed E-state index contributed by atoms with van der Waals surface area (Å²) in [4.78, 5) is 39.6. The van der Waals surface area contributed by atoms with Crippen LogP contribution in [0.5, 0.6) is 5.75 Å². The van der Waals surface area contributed by atoms with E-state index in [4.69, 9.17) is 0 Å². The highest BCUT2D eigenvalue weighted by Gasteiger charge is 2.34. The first-order valence-electron chi connectivity index (χ1n) is 9.24. The lowest BCUT2D eigenvalue weighted by Crippen LogP contribution is -2.31. The van der Waals surface area contributed by atoms with E-state index in [1.807, 2.05) is 0 Å². The Hall–Kier alpha value is -3.69. The number of amides is 1. The standard InChI is InChI=1S/C20H17F2N5O3/c21-20(22)30-13-6-4-12(5-7-13)16(11-2-3-11)27-19(29)14-10-15(28)26-18(25-14)17-23-8-1-9-24-17/h1,4-11,16,20H,2-3H2,(H,27,29)(H,25,26,28)/t16-/m1/s1. The number of nitrogens with zero attached hydrogens (tertiary/aromatic N) is 3. The third-order valence-corrected chi connectivity index (χ3v) is 4.60. The lowest BCUT2D eigenvalue weighted by Gasteiger charge is -2.19.